The van der Waals surface area contributed by atoms with Gasteiger partial charge in [-0.15, -0.1) is 0 Å². The van der Waals surface area contributed by atoms with Crippen LogP contribution in [-0.2, 0) is 0 Å². The van der Waals surface area contributed by atoms with Crippen molar-refractivity contribution in [3.8, 4) is 0 Å². The number of aromatic amines is 1. The normalized spacial score (nSPS) is 13.9. The first-order valence-electron chi connectivity index (χ1n) is 8.90. The molecule has 1 atom stereocenters. The van der Waals surface area contributed by atoms with Crippen LogP contribution in [0.3, 0.4) is 0 Å². The summed E-state index contributed by atoms with van der Waals surface area (Å²) < 4.78 is 1.90. The number of nitrogens with zero attached hydrogens (tertiary/aromatic N) is 3. The molecule has 8 bridgehead atoms. The lowest BCUT2D eigenvalue weighted by atomic mass is 10.3. The van der Waals surface area contributed by atoms with Gasteiger partial charge >= 0.3 is 0 Å². The smallest absolute Gasteiger partial charge is 0.128 e. The summed E-state index contributed by atoms with van der Waals surface area (Å²) in [6.45, 7) is 1.76. The molecule has 2 aliphatic rings. The number of fused-ring (bicyclic) bond motifs is 10. The van der Waals surface area contributed by atoms with Gasteiger partial charge in [-0.05, 0) is 79.8 Å². The molecule has 0 aliphatic carbocycles. The Bertz CT molecular complexity index is 1260. The van der Waals surface area contributed by atoms with Gasteiger partial charge in [-0.1, -0.05) is 0 Å². The molecule has 5 heterocycles. The molecule has 0 saturated heterocycles. The van der Waals surface area contributed by atoms with E-state index in [0.717, 1.165) is 44.8 Å². The molecule has 3 aromatic rings. The molecule has 0 saturated carbocycles. The van der Waals surface area contributed by atoms with E-state index in [1.165, 1.54) is 0 Å². The summed E-state index contributed by atoms with van der Waals surface area (Å²) in [6, 6.07) is 16.0. The van der Waals surface area contributed by atoms with Crippen molar-refractivity contribution in [3.63, 3.8) is 0 Å². The van der Waals surface area contributed by atoms with Gasteiger partial charge in [0.1, 0.15) is 6.23 Å². The second-order valence-electron chi connectivity index (χ2n) is 6.65. The fraction of sp³-hybridized carbons (Fsp3) is 0.0909. The van der Waals surface area contributed by atoms with Crippen LogP contribution in [0.1, 0.15) is 35.9 Å². The second kappa shape index (κ2) is 6.07. The largest absolute Gasteiger partial charge is 0.374 e. The molecular weight excluding hydrogens is 336 g/mol. The van der Waals surface area contributed by atoms with Gasteiger partial charge < -0.3 is 14.7 Å². The predicted molar refractivity (Wildman–Crippen MR) is 109 cm³/mol. The summed E-state index contributed by atoms with van der Waals surface area (Å²) in [5, 5.41) is 10.3. The number of rotatable bonds is 1. The van der Waals surface area contributed by atoms with Crippen molar-refractivity contribution in [2.24, 2.45) is 0 Å². The van der Waals surface area contributed by atoms with E-state index >= 15 is 0 Å². The van der Waals surface area contributed by atoms with Crippen molar-refractivity contribution >= 4 is 46.4 Å². The maximum Gasteiger partial charge on any atom is 0.128 e. The minimum Gasteiger partial charge on any atom is -0.374 e. The van der Waals surface area contributed by atoms with E-state index < -0.39 is 6.23 Å². The quantitative estimate of drug-likeness (QED) is 0.461. The van der Waals surface area contributed by atoms with Gasteiger partial charge in [0.15, 0.2) is 0 Å². The van der Waals surface area contributed by atoms with Gasteiger partial charge in [0.25, 0.3) is 0 Å². The SMILES string of the molecule is CC(O)n1c2ccc3nc(c4nc(ccc5ccc([nH]5)c1cc2)C=C4)C=C3. The molecule has 5 nitrogen and oxygen atoms in total. The van der Waals surface area contributed by atoms with Crippen LogP contribution < -0.4 is 0 Å². The molecule has 0 amide bonds. The zero-order chi connectivity index (χ0) is 18.4. The van der Waals surface area contributed by atoms with Gasteiger partial charge in [-0.2, -0.15) is 0 Å². The van der Waals surface area contributed by atoms with E-state index in [9.17, 15) is 5.11 Å². The third-order valence-electron chi connectivity index (χ3n) is 4.75. The Labute approximate surface area is 156 Å². The maximum absolute atomic E-state index is 10.3. The van der Waals surface area contributed by atoms with Crippen LogP contribution in [0.5, 0.6) is 0 Å². The number of nitrogens with one attached hydrogen (secondary N) is 1. The molecule has 1 unspecified atom stereocenters. The number of hydrogen-bond donors (Lipinski definition) is 2. The first-order valence-corrected chi connectivity index (χ1v) is 8.90. The lowest BCUT2D eigenvalue weighted by molar-refractivity contribution is 0.134. The van der Waals surface area contributed by atoms with E-state index in [0.29, 0.717) is 0 Å². The first-order chi connectivity index (χ1) is 13.2. The van der Waals surface area contributed by atoms with Crippen molar-refractivity contribution in [1.29, 1.82) is 0 Å². The van der Waals surface area contributed by atoms with Gasteiger partial charge in [-0.3, -0.25) is 0 Å². The summed E-state index contributed by atoms with van der Waals surface area (Å²) in [5.41, 5.74) is 7.25. The summed E-state index contributed by atoms with van der Waals surface area (Å²) >= 11 is 0. The molecule has 5 heteroatoms. The minimum atomic E-state index is -0.649. The van der Waals surface area contributed by atoms with Gasteiger partial charge in [0.05, 0.1) is 33.8 Å². The highest BCUT2D eigenvalue weighted by Gasteiger charge is 2.08. The van der Waals surface area contributed by atoms with E-state index in [4.69, 9.17) is 0 Å². The molecule has 5 rings (SSSR count). The average Bonchev–Trinajstić information content (AvgIpc) is 3.43. The maximum atomic E-state index is 10.3. The molecule has 3 aromatic heterocycles. The zero-order valence-electron chi connectivity index (χ0n) is 14.8. The van der Waals surface area contributed by atoms with Crippen LogP contribution in [0, 0.1) is 0 Å². The fourth-order valence-corrected chi connectivity index (χ4v) is 3.47. The Morgan fingerprint density at radius 3 is 2.15 bits per heavy atom. The van der Waals surface area contributed by atoms with E-state index in [-0.39, 0.29) is 0 Å². The predicted octanol–water partition coefficient (Wildman–Crippen LogP) is 4.64. The highest BCUT2D eigenvalue weighted by atomic mass is 16.3. The second-order valence-corrected chi connectivity index (χ2v) is 6.65. The summed E-state index contributed by atoms with van der Waals surface area (Å²) in [5.74, 6) is 0. The van der Waals surface area contributed by atoms with E-state index in [1.807, 2.05) is 77.4 Å². The van der Waals surface area contributed by atoms with Crippen LogP contribution in [0.25, 0.3) is 46.4 Å². The lowest BCUT2D eigenvalue weighted by Gasteiger charge is -2.09. The molecular formula is C22H18N4O. The molecule has 0 aromatic carbocycles. The Kier molecular flexibility index (Phi) is 3.55. The van der Waals surface area contributed by atoms with Crippen LogP contribution in [0.4, 0.5) is 0 Å². The number of aliphatic hydroxyl groups excluding tert-OH is 1. The summed E-state index contributed by atoms with van der Waals surface area (Å²) in [6.07, 6.45) is 7.27. The zero-order valence-corrected chi connectivity index (χ0v) is 14.8. The molecule has 27 heavy (non-hydrogen) atoms. The van der Waals surface area contributed by atoms with Crippen LogP contribution in [0.15, 0.2) is 48.5 Å². The van der Waals surface area contributed by atoms with Crippen molar-refractivity contribution in [2.45, 2.75) is 13.2 Å². The Morgan fingerprint density at radius 2 is 1.44 bits per heavy atom. The number of hydrogen-bond acceptors (Lipinski definition) is 3. The molecule has 2 aliphatic heterocycles. The lowest BCUT2D eigenvalue weighted by Crippen LogP contribution is -2.02. The Morgan fingerprint density at radius 1 is 0.815 bits per heavy atom. The molecule has 132 valence electrons. The summed E-state index contributed by atoms with van der Waals surface area (Å²) in [4.78, 5) is 12.7. The number of aliphatic hydroxyl groups is 1. The highest BCUT2D eigenvalue weighted by molar-refractivity contribution is 5.83. The number of aromatic nitrogens is 4. The molecule has 0 radical (unpaired) electrons. The first kappa shape index (κ1) is 15.8. The van der Waals surface area contributed by atoms with Crippen molar-refractivity contribution in [2.75, 3.05) is 0 Å². The third-order valence-corrected chi connectivity index (χ3v) is 4.75. The van der Waals surface area contributed by atoms with E-state index in [1.54, 1.807) is 6.92 Å². The topological polar surface area (TPSA) is 66.7 Å². The Hall–Kier alpha value is -3.44. The Balaban J connectivity index is 1.89. The van der Waals surface area contributed by atoms with Crippen molar-refractivity contribution in [1.82, 2.24) is 19.5 Å². The monoisotopic (exact) mass is 354 g/mol. The van der Waals surface area contributed by atoms with E-state index in [2.05, 4.69) is 15.0 Å². The molecule has 0 spiro atoms. The van der Waals surface area contributed by atoms with Crippen LogP contribution >= 0.6 is 0 Å². The van der Waals surface area contributed by atoms with Crippen LogP contribution in [0.2, 0.25) is 0 Å². The van der Waals surface area contributed by atoms with Crippen molar-refractivity contribution in [3.05, 3.63) is 71.3 Å². The summed E-state index contributed by atoms with van der Waals surface area (Å²) in [7, 11) is 0. The highest BCUT2D eigenvalue weighted by Crippen LogP contribution is 2.22. The van der Waals surface area contributed by atoms with Gasteiger partial charge in [0.2, 0.25) is 0 Å². The third kappa shape index (κ3) is 2.78. The molecule has 2 N–H and O–H groups in total. The van der Waals surface area contributed by atoms with Crippen LogP contribution in [-0.4, -0.2) is 24.6 Å². The minimum absolute atomic E-state index is 0.649. The fourth-order valence-electron chi connectivity index (χ4n) is 3.47. The number of H-pyrrole nitrogens is 1. The van der Waals surface area contributed by atoms with Gasteiger partial charge in [0, 0.05) is 11.0 Å². The standard InChI is InChI=1S/C22H18N4O/c1-14(27)26-18-8-4-17-6-11-20(24-17)19-10-5-15(23-19)2-3-16-7-12-21(25-16)22(26)13-9-18/h2-14,25,27H,1H3. The average molecular weight is 354 g/mol. The molecule has 0 fully saturated rings. The van der Waals surface area contributed by atoms with Gasteiger partial charge in [-0.25, -0.2) is 9.97 Å². The van der Waals surface area contributed by atoms with Crippen molar-refractivity contribution < 1.29 is 5.11 Å².